The first-order chi connectivity index (χ1) is 17.8. The van der Waals surface area contributed by atoms with Crippen LogP contribution in [0.25, 0.3) is 0 Å². The fourth-order valence-electron chi connectivity index (χ4n) is 3.37. The van der Waals surface area contributed by atoms with Crippen molar-refractivity contribution in [3.63, 3.8) is 0 Å². The fraction of sp³-hybridized carbons (Fsp3) is 0.684. The first-order valence-electron chi connectivity index (χ1n) is 10.3. The van der Waals surface area contributed by atoms with E-state index in [0.717, 1.165) is 5.32 Å². The number of rotatable bonds is 11. The average Bonchev–Trinajstić information content (AvgIpc) is 3.38. The number of hydrogen-bond acceptors (Lipinski definition) is 4. The lowest BCUT2D eigenvalue weighted by Gasteiger charge is -2.42. The van der Waals surface area contributed by atoms with Crippen LogP contribution in [0.5, 0.6) is 0 Å². The molecular weight excluding hydrogens is 626 g/mol. The van der Waals surface area contributed by atoms with Crippen molar-refractivity contribution in [1.29, 1.82) is 0 Å². The highest BCUT2D eigenvalue weighted by Gasteiger charge is 2.94. The van der Waals surface area contributed by atoms with E-state index < -0.39 is 70.3 Å². The SMILES string of the molecule is CCOC(=O)c1c(NC(=O)C(F)(F)C(F)(F)C(F)(F)C(F)(F)C(F)(F)C(F)(F)C(F)(F)C(F)F)sc2c1CCC2. The summed E-state index contributed by atoms with van der Waals surface area (Å²) in [5.74, 6) is -61.7. The molecule has 1 heterocycles. The Morgan fingerprint density at radius 3 is 1.75 bits per heavy atom. The van der Waals surface area contributed by atoms with Gasteiger partial charge >= 0.3 is 59.8 Å². The molecule has 40 heavy (non-hydrogen) atoms. The molecule has 1 aliphatic rings. The molecule has 1 aliphatic carbocycles. The third kappa shape index (κ3) is 4.54. The van der Waals surface area contributed by atoms with Crippen LogP contribution < -0.4 is 5.32 Å². The highest BCUT2D eigenvalue weighted by molar-refractivity contribution is 7.17. The zero-order valence-electron chi connectivity index (χ0n) is 19.1. The van der Waals surface area contributed by atoms with Crippen molar-refractivity contribution in [3.05, 3.63) is 16.0 Å². The Morgan fingerprint density at radius 2 is 1.27 bits per heavy atom. The van der Waals surface area contributed by atoms with Crippen molar-refractivity contribution >= 4 is 28.2 Å². The lowest BCUT2D eigenvalue weighted by Crippen LogP contribution is -2.74. The fourth-order valence-corrected chi connectivity index (χ4v) is 4.64. The lowest BCUT2D eigenvalue weighted by molar-refractivity contribution is -0.443. The van der Waals surface area contributed by atoms with Gasteiger partial charge in [-0.05, 0) is 31.7 Å². The van der Waals surface area contributed by atoms with Gasteiger partial charge in [0.25, 0.3) is 0 Å². The van der Waals surface area contributed by atoms with Crippen LogP contribution in [0.2, 0.25) is 0 Å². The first-order valence-corrected chi connectivity index (χ1v) is 11.2. The molecule has 0 bridgehead atoms. The van der Waals surface area contributed by atoms with Crippen molar-refractivity contribution in [3.8, 4) is 0 Å². The maximum absolute atomic E-state index is 14.3. The molecule has 1 N–H and O–H groups in total. The Labute approximate surface area is 215 Å². The zero-order chi connectivity index (χ0) is 31.5. The summed E-state index contributed by atoms with van der Waals surface area (Å²) in [6.07, 6.45) is -5.42. The number of thiophene rings is 1. The number of alkyl halides is 16. The maximum Gasteiger partial charge on any atom is 0.393 e. The minimum absolute atomic E-state index is 0.0409. The van der Waals surface area contributed by atoms with E-state index in [1.165, 1.54) is 6.92 Å². The molecule has 230 valence electrons. The van der Waals surface area contributed by atoms with Gasteiger partial charge in [0.1, 0.15) is 5.00 Å². The summed E-state index contributed by atoms with van der Waals surface area (Å²) in [6, 6.07) is 0. The molecule has 21 heteroatoms. The van der Waals surface area contributed by atoms with Crippen molar-refractivity contribution in [2.75, 3.05) is 11.9 Å². The van der Waals surface area contributed by atoms with E-state index in [4.69, 9.17) is 0 Å². The van der Waals surface area contributed by atoms with Crippen LogP contribution in [0.4, 0.5) is 75.2 Å². The summed E-state index contributed by atoms with van der Waals surface area (Å²) in [4.78, 5) is 24.2. The summed E-state index contributed by atoms with van der Waals surface area (Å²) in [7, 11) is 0. The third-order valence-corrected chi connectivity index (χ3v) is 6.78. The average molecular weight is 639 g/mol. The van der Waals surface area contributed by atoms with Crippen LogP contribution in [-0.4, -0.2) is 66.4 Å². The van der Waals surface area contributed by atoms with Gasteiger partial charge in [0.05, 0.1) is 12.2 Å². The van der Waals surface area contributed by atoms with Crippen LogP contribution in [0.3, 0.4) is 0 Å². The number of hydrogen-bond donors (Lipinski definition) is 1. The standard InChI is InChI=1S/C19H13F16NO3S/c1-2-39-10(37)8-6-4-3-5-7(6)40-9(8)36-12(38)14(24,25)16(28,29)18(32,33)19(34,35)17(30,31)15(26,27)13(22,23)11(20)21/h11H,2-5H2,1H3,(H,36,38). The summed E-state index contributed by atoms with van der Waals surface area (Å²) >= 11 is 0.264. The molecule has 0 aromatic carbocycles. The van der Waals surface area contributed by atoms with Crippen LogP contribution in [0.15, 0.2) is 0 Å². The van der Waals surface area contributed by atoms with E-state index in [0.29, 0.717) is 6.42 Å². The molecule has 0 unspecified atom stereocenters. The van der Waals surface area contributed by atoms with E-state index >= 15 is 0 Å². The topological polar surface area (TPSA) is 55.4 Å². The number of carbonyl (C=O) groups is 2. The molecule has 0 radical (unpaired) electrons. The number of amides is 1. The molecular formula is C19H13F16NO3S. The molecule has 4 nitrogen and oxygen atoms in total. The van der Waals surface area contributed by atoms with Crippen LogP contribution >= 0.6 is 11.3 Å². The summed E-state index contributed by atoms with van der Waals surface area (Å²) in [5, 5.41) is -0.176. The Bertz CT molecular complexity index is 1150. The van der Waals surface area contributed by atoms with Crippen molar-refractivity contribution < 1.29 is 84.6 Å². The molecule has 0 atom stereocenters. The largest absolute Gasteiger partial charge is 0.462 e. The summed E-state index contributed by atoms with van der Waals surface area (Å²) in [6.45, 7) is 0.881. The quantitative estimate of drug-likeness (QED) is 0.209. The van der Waals surface area contributed by atoms with Gasteiger partial charge in [0.15, 0.2) is 0 Å². The van der Waals surface area contributed by atoms with Gasteiger partial charge in [0, 0.05) is 4.88 Å². The van der Waals surface area contributed by atoms with Crippen molar-refractivity contribution in [2.45, 2.75) is 74.1 Å². The van der Waals surface area contributed by atoms with Crippen molar-refractivity contribution in [2.24, 2.45) is 0 Å². The van der Waals surface area contributed by atoms with E-state index in [9.17, 15) is 79.8 Å². The molecule has 1 aromatic heterocycles. The number of fused-ring (bicyclic) bond motifs is 1. The molecule has 0 saturated carbocycles. The van der Waals surface area contributed by atoms with Gasteiger partial charge in [-0.2, -0.15) is 61.5 Å². The number of aryl methyl sites for hydroxylation is 1. The Morgan fingerprint density at radius 1 is 0.800 bits per heavy atom. The first kappa shape index (κ1) is 33.7. The molecule has 2 rings (SSSR count). The highest BCUT2D eigenvalue weighted by Crippen LogP contribution is 2.63. The smallest absolute Gasteiger partial charge is 0.393 e. The molecule has 0 spiro atoms. The molecule has 1 aromatic rings. The molecule has 0 saturated heterocycles. The van der Waals surface area contributed by atoms with E-state index in [2.05, 4.69) is 4.74 Å². The highest BCUT2D eigenvalue weighted by atomic mass is 32.1. The Hall–Kier alpha value is -2.48. The molecule has 1 amide bonds. The normalized spacial score (nSPS) is 15.8. The molecule has 0 aliphatic heterocycles. The second kappa shape index (κ2) is 10.1. The Kier molecular flexibility index (Phi) is 8.52. The number of nitrogens with one attached hydrogen (secondary N) is 1. The van der Waals surface area contributed by atoms with Crippen molar-refractivity contribution in [1.82, 2.24) is 0 Å². The lowest BCUT2D eigenvalue weighted by atomic mass is 9.89. The van der Waals surface area contributed by atoms with Gasteiger partial charge in [-0.25, -0.2) is 13.6 Å². The second-order valence-corrected chi connectivity index (χ2v) is 9.21. The predicted octanol–water partition coefficient (Wildman–Crippen LogP) is 7.06. The zero-order valence-corrected chi connectivity index (χ0v) is 19.9. The minimum atomic E-state index is -8.62. The van der Waals surface area contributed by atoms with Gasteiger partial charge in [0.2, 0.25) is 0 Å². The van der Waals surface area contributed by atoms with Crippen LogP contribution in [0, 0.1) is 0 Å². The summed E-state index contributed by atoms with van der Waals surface area (Å²) < 4.78 is 220. The maximum atomic E-state index is 14.3. The Balaban J connectivity index is 2.54. The van der Waals surface area contributed by atoms with Crippen LogP contribution in [-0.2, 0) is 22.4 Å². The minimum Gasteiger partial charge on any atom is -0.462 e. The summed E-state index contributed by atoms with van der Waals surface area (Å²) in [5.41, 5.74) is -0.670. The second-order valence-electron chi connectivity index (χ2n) is 8.11. The third-order valence-electron chi connectivity index (χ3n) is 5.58. The van der Waals surface area contributed by atoms with E-state index in [1.54, 1.807) is 0 Å². The predicted molar refractivity (Wildman–Crippen MR) is 102 cm³/mol. The van der Waals surface area contributed by atoms with Gasteiger partial charge in [-0.1, -0.05) is 0 Å². The van der Waals surface area contributed by atoms with E-state index in [1.807, 2.05) is 0 Å². The number of carbonyl (C=O) groups excluding carboxylic acids is 2. The van der Waals surface area contributed by atoms with Gasteiger partial charge in [-0.15, -0.1) is 11.3 Å². The number of esters is 1. The van der Waals surface area contributed by atoms with Gasteiger partial charge in [-0.3, -0.25) is 4.79 Å². The monoisotopic (exact) mass is 639 g/mol. The number of ether oxygens (including phenoxy) is 1. The van der Waals surface area contributed by atoms with E-state index in [-0.39, 0.29) is 41.2 Å². The molecule has 0 fully saturated rings. The van der Waals surface area contributed by atoms with Gasteiger partial charge < -0.3 is 10.1 Å². The number of anilines is 1. The van der Waals surface area contributed by atoms with Crippen LogP contribution in [0.1, 0.15) is 34.1 Å². The number of halogens is 16.